The normalized spacial score (nSPS) is 12.4. The first-order valence-corrected chi connectivity index (χ1v) is 13.2. The first-order chi connectivity index (χ1) is 16.0. The zero-order chi connectivity index (χ0) is 26.6. The smallest absolute Gasteiger partial charge is 0.457 e. The van der Waals surface area contributed by atoms with E-state index in [1.807, 2.05) is 25.3 Å². The van der Waals surface area contributed by atoms with E-state index in [4.69, 9.17) is 9.47 Å². The fourth-order valence-electron chi connectivity index (χ4n) is 2.93. The number of carbonyl (C=O) groups excluding carboxylic acids is 1. The van der Waals surface area contributed by atoms with Crippen LogP contribution in [0, 0.1) is 6.92 Å². The number of ether oxygens (including phenoxy) is 2. The van der Waals surface area contributed by atoms with Crippen LogP contribution in [-0.2, 0) is 27.8 Å². The highest BCUT2D eigenvalue weighted by Gasteiger charge is 2.45. The molecule has 2 aromatic carbocycles. The Morgan fingerprint density at radius 3 is 2.31 bits per heavy atom. The lowest BCUT2D eigenvalue weighted by molar-refractivity contribution is -0.0448. The molecule has 12 heteroatoms. The standard InChI is InChI=1S/C23H29F3N2O5S2/c1-15-11-18(8-10-20(15)34-6)32-19-9-7-16(13-27-35(30,31)23(24,25)26)12-17(19)14-28(5)21(29)33-22(2,3)4/h7-12,27H,13-14H2,1-6H3. The van der Waals surface area contributed by atoms with Crippen molar-refractivity contribution >= 4 is 27.9 Å². The third-order valence-corrected chi connectivity index (χ3v) is 6.63. The van der Waals surface area contributed by atoms with Gasteiger partial charge in [0.15, 0.2) is 0 Å². The average molecular weight is 535 g/mol. The van der Waals surface area contributed by atoms with E-state index in [1.165, 1.54) is 34.9 Å². The van der Waals surface area contributed by atoms with E-state index in [0.717, 1.165) is 10.5 Å². The van der Waals surface area contributed by atoms with Gasteiger partial charge in [-0.25, -0.2) is 17.9 Å². The third kappa shape index (κ3) is 8.32. The monoisotopic (exact) mass is 534 g/mol. The van der Waals surface area contributed by atoms with E-state index >= 15 is 0 Å². The van der Waals surface area contributed by atoms with Crippen LogP contribution in [0.1, 0.15) is 37.5 Å². The number of rotatable bonds is 8. The van der Waals surface area contributed by atoms with Crippen LogP contribution in [-0.4, -0.2) is 43.8 Å². The van der Waals surface area contributed by atoms with Crippen molar-refractivity contribution in [2.75, 3.05) is 13.3 Å². The van der Waals surface area contributed by atoms with Gasteiger partial charge in [0, 0.05) is 24.1 Å². The number of hydrogen-bond donors (Lipinski definition) is 1. The molecule has 0 saturated heterocycles. The number of benzene rings is 2. The summed E-state index contributed by atoms with van der Waals surface area (Å²) in [5.41, 5.74) is -4.43. The molecule has 1 amide bonds. The Kier molecular flexibility index (Phi) is 9.12. The van der Waals surface area contributed by atoms with E-state index < -0.39 is 33.8 Å². The first-order valence-electron chi connectivity index (χ1n) is 10.5. The second-order valence-corrected chi connectivity index (χ2v) is 11.4. The van der Waals surface area contributed by atoms with E-state index in [-0.39, 0.29) is 12.1 Å². The maximum atomic E-state index is 12.7. The number of aryl methyl sites for hydroxylation is 1. The topological polar surface area (TPSA) is 84.9 Å². The van der Waals surface area contributed by atoms with Crippen molar-refractivity contribution in [1.82, 2.24) is 9.62 Å². The van der Waals surface area contributed by atoms with Crippen molar-refractivity contribution in [3.8, 4) is 11.5 Å². The molecule has 0 aliphatic carbocycles. The number of thioether (sulfide) groups is 1. The third-order valence-electron chi connectivity index (χ3n) is 4.60. The van der Waals surface area contributed by atoms with E-state index in [9.17, 15) is 26.4 Å². The molecule has 0 aromatic heterocycles. The molecule has 0 fully saturated rings. The molecule has 35 heavy (non-hydrogen) atoms. The van der Waals surface area contributed by atoms with Crippen molar-refractivity contribution in [2.24, 2.45) is 0 Å². The number of nitrogens with one attached hydrogen (secondary N) is 1. The van der Waals surface area contributed by atoms with Crippen LogP contribution in [0.15, 0.2) is 41.3 Å². The molecule has 0 heterocycles. The molecular weight excluding hydrogens is 505 g/mol. The number of nitrogens with zero attached hydrogens (tertiary/aromatic N) is 1. The number of amides is 1. The molecular formula is C23H29F3N2O5S2. The summed E-state index contributed by atoms with van der Waals surface area (Å²) in [6.45, 7) is 6.52. The van der Waals surface area contributed by atoms with Crippen molar-refractivity contribution in [1.29, 1.82) is 0 Å². The molecule has 0 bridgehead atoms. The van der Waals surface area contributed by atoms with Gasteiger partial charge in [0.1, 0.15) is 17.1 Å². The Hall–Kier alpha value is -2.44. The van der Waals surface area contributed by atoms with Crippen molar-refractivity contribution in [3.05, 3.63) is 53.1 Å². The highest BCUT2D eigenvalue weighted by Crippen LogP contribution is 2.31. The number of sulfonamides is 1. The molecule has 7 nitrogen and oxygen atoms in total. The zero-order valence-corrected chi connectivity index (χ0v) is 22.0. The summed E-state index contributed by atoms with van der Waals surface area (Å²) in [5, 5.41) is 0. The Morgan fingerprint density at radius 1 is 1.11 bits per heavy atom. The highest BCUT2D eigenvalue weighted by atomic mass is 32.2. The minimum Gasteiger partial charge on any atom is -0.457 e. The number of hydrogen-bond acceptors (Lipinski definition) is 6. The van der Waals surface area contributed by atoms with Crippen molar-refractivity contribution < 1.29 is 35.9 Å². The minimum atomic E-state index is -5.50. The van der Waals surface area contributed by atoms with Gasteiger partial charge in [-0.15, -0.1) is 11.8 Å². The molecule has 0 aliphatic rings. The fraction of sp³-hybridized carbons (Fsp3) is 0.435. The van der Waals surface area contributed by atoms with Gasteiger partial charge in [-0.05, 0) is 75.4 Å². The minimum absolute atomic E-state index is 0.00594. The van der Waals surface area contributed by atoms with Crippen LogP contribution in [0.4, 0.5) is 18.0 Å². The van der Waals surface area contributed by atoms with Crippen LogP contribution in [0.5, 0.6) is 11.5 Å². The summed E-state index contributed by atoms with van der Waals surface area (Å²) in [4.78, 5) is 14.8. The molecule has 2 aromatic rings. The van der Waals surface area contributed by atoms with Gasteiger partial charge in [0.05, 0.1) is 6.54 Å². The summed E-state index contributed by atoms with van der Waals surface area (Å²) >= 11 is 1.59. The lowest BCUT2D eigenvalue weighted by Gasteiger charge is -2.25. The molecule has 0 radical (unpaired) electrons. The Morgan fingerprint density at radius 2 is 1.77 bits per heavy atom. The van der Waals surface area contributed by atoms with Gasteiger partial charge >= 0.3 is 21.6 Å². The molecule has 0 aliphatic heterocycles. The van der Waals surface area contributed by atoms with Crippen LogP contribution in [0.3, 0.4) is 0 Å². The molecule has 0 unspecified atom stereocenters. The fourth-order valence-corrected chi connectivity index (χ4v) is 4.03. The number of carbonyl (C=O) groups is 1. The highest BCUT2D eigenvalue weighted by molar-refractivity contribution is 7.98. The molecule has 0 spiro atoms. The van der Waals surface area contributed by atoms with Gasteiger partial charge in [-0.1, -0.05) is 6.07 Å². The first kappa shape index (κ1) is 28.8. The Bertz CT molecular complexity index is 1160. The zero-order valence-electron chi connectivity index (χ0n) is 20.3. The maximum Gasteiger partial charge on any atom is 0.511 e. The molecule has 0 atom stereocenters. The summed E-state index contributed by atoms with van der Waals surface area (Å²) in [6, 6.07) is 9.99. The summed E-state index contributed by atoms with van der Waals surface area (Å²) in [6.07, 6.45) is 1.35. The van der Waals surface area contributed by atoms with Crippen LogP contribution in [0.2, 0.25) is 0 Å². The second-order valence-electron chi connectivity index (χ2n) is 8.78. The summed E-state index contributed by atoms with van der Waals surface area (Å²) in [7, 11) is -4.00. The number of alkyl halides is 3. The van der Waals surface area contributed by atoms with Crippen LogP contribution >= 0.6 is 11.8 Å². The SMILES string of the molecule is CSc1ccc(Oc2ccc(CNS(=O)(=O)C(F)(F)F)cc2CN(C)C(=O)OC(C)(C)C)cc1C. The lowest BCUT2D eigenvalue weighted by atomic mass is 10.1. The van der Waals surface area contributed by atoms with Crippen molar-refractivity contribution in [2.45, 2.75) is 56.8 Å². The maximum absolute atomic E-state index is 12.7. The Labute approximate surface area is 208 Å². The predicted molar refractivity (Wildman–Crippen MR) is 129 cm³/mol. The van der Waals surface area contributed by atoms with Gasteiger partial charge in [0.2, 0.25) is 0 Å². The summed E-state index contributed by atoms with van der Waals surface area (Å²) in [5.74, 6) is 0.895. The summed E-state index contributed by atoms with van der Waals surface area (Å²) < 4.78 is 73.7. The van der Waals surface area contributed by atoms with Gasteiger partial charge in [-0.3, -0.25) is 0 Å². The van der Waals surface area contributed by atoms with E-state index in [0.29, 0.717) is 17.1 Å². The quantitative estimate of drug-likeness (QED) is 0.430. The van der Waals surface area contributed by atoms with Crippen molar-refractivity contribution in [3.63, 3.8) is 0 Å². The molecule has 0 saturated carbocycles. The van der Waals surface area contributed by atoms with E-state index in [1.54, 1.807) is 38.6 Å². The van der Waals surface area contributed by atoms with Gasteiger partial charge in [0.25, 0.3) is 0 Å². The average Bonchev–Trinajstić information content (AvgIpc) is 2.72. The second kappa shape index (κ2) is 11.1. The van der Waals surface area contributed by atoms with Crippen LogP contribution < -0.4 is 9.46 Å². The van der Waals surface area contributed by atoms with E-state index in [2.05, 4.69) is 0 Å². The van der Waals surface area contributed by atoms with Gasteiger partial charge < -0.3 is 14.4 Å². The molecule has 194 valence electrons. The molecule has 1 N–H and O–H groups in total. The lowest BCUT2D eigenvalue weighted by Crippen LogP contribution is -2.36. The number of halogens is 3. The largest absolute Gasteiger partial charge is 0.511 e. The predicted octanol–water partition coefficient (Wildman–Crippen LogP) is 5.82. The Balaban J connectivity index is 2.35. The van der Waals surface area contributed by atoms with Gasteiger partial charge in [-0.2, -0.15) is 13.2 Å². The van der Waals surface area contributed by atoms with Crippen LogP contribution in [0.25, 0.3) is 0 Å². The molecule has 2 rings (SSSR count).